The summed E-state index contributed by atoms with van der Waals surface area (Å²) in [4.78, 5) is 38.1. The number of nitro groups is 1. The van der Waals surface area contributed by atoms with Crippen molar-refractivity contribution < 1.29 is 27.3 Å². The van der Waals surface area contributed by atoms with Gasteiger partial charge in [0.15, 0.2) is 0 Å². The Morgan fingerprint density at radius 2 is 1.78 bits per heavy atom. The Balaban J connectivity index is 2.51. The van der Waals surface area contributed by atoms with Gasteiger partial charge in [0.1, 0.15) is 18.4 Å². The first-order chi connectivity index (χ1) is 16.5. The summed E-state index contributed by atoms with van der Waals surface area (Å²) in [6, 6.07) is 8.34. The van der Waals surface area contributed by atoms with E-state index in [9.17, 15) is 32.5 Å². The highest BCUT2D eigenvalue weighted by molar-refractivity contribution is 7.92. The van der Waals surface area contributed by atoms with Gasteiger partial charge >= 0.3 is 0 Å². The molecule has 196 valence electrons. The molecule has 0 saturated heterocycles. The number of carbonyl (C=O) groups is 2. The molecule has 2 aromatic rings. The van der Waals surface area contributed by atoms with Gasteiger partial charge in [-0.25, -0.2) is 12.8 Å². The molecule has 1 N–H and O–H groups in total. The number of hydrogen-bond acceptors (Lipinski definition) is 6. The van der Waals surface area contributed by atoms with Crippen molar-refractivity contribution in [2.75, 3.05) is 17.1 Å². The quantitative estimate of drug-likeness (QED) is 0.398. The number of rotatable bonds is 9. The van der Waals surface area contributed by atoms with Gasteiger partial charge in [-0.1, -0.05) is 24.3 Å². The van der Waals surface area contributed by atoms with E-state index in [1.807, 2.05) is 0 Å². The first-order valence-electron chi connectivity index (χ1n) is 11.1. The minimum Gasteiger partial charge on any atom is -0.350 e. The summed E-state index contributed by atoms with van der Waals surface area (Å²) in [5.74, 6) is -1.89. The van der Waals surface area contributed by atoms with Crippen LogP contribution >= 0.6 is 0 Å². The number of nitrogens with one attached hydrogen (secondary N) is 1. The standard InChI is InChI=1S/C24H31FN4O6S/c1-16-11-12-19(29(32)33)13-21(16)28(36(6,34)35)15-22(30)27(14-18-9-7-8-10-20(18)25)17(2)23(31)26-24(3,4)5/h7-13,17H,14-15H2,1-6H3,(H,26,31). The second-order valence-corrected chi connectivity index (χ2v) is 11.4. The Kier molecular flexibility index (Phi) is 8.79. The van der Waals surface area contributed by atoms with Crippen LogP contribution in [0.4, 0.5) is 15.8 Å². The van der Waals surface area contributed by atoms with Gasteiger partial charge in [0.2, 0.25) is 21.8 Å². The van der Waals surface area contributed by atoms with Gasteiger partial charge in [0.05, 0.1) is 16.9 Å². The van der Waals surface area contributed by atoms with Crippen LogP contribution in [0.1, 0.15) is 38.8 Å². The fraction of sp³-hybridized carbons (Fsp3) is 0.417. The maximum atomic E-state index is 14.4. The van der Waals surface area contributed by atoms with Gasteiger partial charge < -0.3 is 10.2 Å². The minimum absolute atomic E-state index is 0.0438. The average Bonchev–Trinajstić information content (AvgIpc) is 2.74. The fourth-order valence-electron chi connectivity index (χ4n) is 3.44. The molecule has 0 saturated carbocycles. The second kappa shape index (κ2) is 11.0. The van der Waals surface area contributed by atoms with Crippen LogP contribution in [0.25, 0.3) is 0 Å². The number of aryl methyl sites for hydroxylation is 1. The summed E-state index contributed by atoms with van der Waals surface area (Å²) >= 11 is 0. The number of sulfonamides is 1. The number of nitro benzene ring substituents is 1. The summed E-state index contributed by atoms with van der Waals surface area (Å²) in [7, 11) is -4.08. The van der Waals surface area contributed by atoms with Gasteiger partial charge in [0, 0.05) is 29.8 Å². The van der Waals surface area contributed by atoms with Crippen molar-refractivity contribution in [3.63, 3.8) is 0 Å². The molecule has 1 atom stereocenters. The number of anilines is 1. The monoisotopic (exact) mass is 522 g/mol. The Morgan fingerprint density at radius 3 is 2.31 bits per heavy atom. The highest BCUT2D eigenvalue weighted by atomic mass is 32.2. The molecule has 0 fully saturated rings. The number of nitrogens with zero attached hydrogens (tertiary/aromatic N) is 3. The highest BCUT2D eigenvalue weighted by Crippen LogP contribution is 2.28. The SMILES string of the molecule is Cc1ccc([N+](=O)[O-])cc1N(CC(=O)N(Cc1ccccc1F)C(C)C(=O)NC(C)(C)C)S(C)(=O)=O. The third-order valence-corrected chi connectivity index (χ3v) is 6.44. The Bertz CT molecular complexity index is 1260. The molecule has 2 rings (SSSR count). The van der Waals surface area contributed by atoms with Crippen molar-refractivity contribution in [1.29, 1.82) is 0 Å². The zero-order chi connectivity index (χ0) is 27.4. The maximum Gasteiger partial charge on any atom is 0.271 e. The van der Waals surface area contributed by atoms with E-state index < -0.39 is 50.7 Å². The smallest absolute Gasteiger partial charge is 0.271 e. The molecule has 0 spiro atoms. The minimum atomic E-state index is -4.08. The summed E-state index contributed by atoms with van der Waals surface area (Å²) < 4.78 is 40.5. The van der Waals surface area contributed by atoms with Crippen LogP contribution < -0.4 is 9.62 Å². The van der Waals surface area contributed by atoms with E-state index in [1.54, 1.807) is 33.8 Å². The number of hydrogen-bond donors (Lipinski definition) is 1. The van der Waals surface area contributed by atoms with Crippen LogP contribution in [0.2, 0.25) is 0 Å². The molecule has 0 aromatic heterocycles. The third-order valence-electron chi connectivity index (χ3n) is 5.32. The van der Waals surface area contributed by atoms with Crippen molar-refractivity contribution >= 4 is 33.2 Å². The van der Waals surface area contributed by atoms with Gasteiger partial charge in [0.25, 0.3) is 5.69 Å². The molecule has 2 aromatic carbocycles. The summed E-state index contributed by atoms with van der Waals surface area (Å²) in [5, 5.41) is 14.0. The molecule has 0 aliphatic rings. The first kappa shape index (κ1) is 28.7. The zero-order valence-electron chi connectivity index (χ0n) is 21.1. The van der Waals surface area contributed by atoms with Crippen molar-refractivity contribution in [2.45, 2.75) is 52.7 Å². The van der Waals surface area contributed by atoms with E-state index in [4.69, 9.17) is 0 Å². The topological polar surface area (TPSA) is 130 Å². The predicted molar refractivity (Wildman–Crippen MR) is 134 cm³/mol. The Labute approximate surface area is 210 Å². The van der Waals surface area contributed by atoms with E-state index in [0.717, 1.165) is 21.5 Å². The summed E-state index contributed by atoms with van der Waals surface area (Å²) in [6.45, 7) is 7.25. The second-order valence-electron chi connectivity index (χ2n) is 9.53. The van der Waals surface area contributed by atoms with Crippen molar-refractivity contribution in [1.82, 2.24) is 10.2 Å². The molecule has 1 unspecified atom stereocenters. The lowest BCUT2D eigenvalue weighted by molar-refractivity contribution is -0.384. The number of halogens is 1. The van der Waals surface area contributed by atoms with E-state index in [2.05, 4.69) is 5.32 Å². The van der Waals surface area contributed by atoms with E-state index in [-0.39, 0.29) is 23.5 Å². The Morgan fingerprint density at radius 1 is 1.17 bits per heavy atom. The zero-order valence-corrected chi connectivity index (χ0v) is 21.9. The highest BCUT2D eigenvalue weighted by Gasteiger charge is 2.32. The van der Waals surface area contributed by atoms with Gasteiger partial charge in [-0.05, 0) is 46.2 Å². The van der Waals surface area contributed by atoms with Crippen LogP contribution in [-0.2, 0) is 26.2 Å². The molecule has 0 heterocycles. The van der Waals surface area contributed by atoms with Gasteiger partial charge in [-0.15, -0.1) is 0 Å². The molecular weight excluding hydrogens is 491 g/mol. The van der Waals surface area contributed by atoms with E-state index >= 15 is 0 Å². The van der Waals surface area contributed by atoms with E-state index in [0.29, 0.717) is 5.56 Å². The lowest BCUT2D eigenvalue weighted by Gasteiger charge is -2.33. The van der Waals surface area contributed by atoms with Gasteiger partial charge in [-0.3, -0.25) is 24.0 Å². The molecular formula is C24H31FN4O6S. The normalized spacial score (nSPS) is 12.5. The van der Waals surface area contributed by atoms with Crippen molar-refractivity contribution in [3.05, 3.63) is 69.5 Å². The fourth-order valence-corrected chi connectivity index (χ4v) is 4.34. The molecule has 0 radical (unpaired) electrons. The molecule has 0 aliphatic heterocycles. The largest absolute Gasteiger partial charge is 0.350 e. The Hall–Kier alpha value is -3.54. The average molecular weight is 523 g/mol. The third kappa shape index (κ3) is 7.48. The predicted octanol–water partition coefficient (Wildman–Crippen LogP) is 3.14. The lowest BCUT2D eigenvalue weighted by atomic mass is 10.1. The van der Waals surface area contributed by atoms with Crippen LogP contribution in [0, 0.1) is 22.9 Å². The van der Waals surface area contributed by atoms with Crippen LogP contribution in [0.5, 0.6) is 0 Å². The summed E-state index contributed by atoms with van der Waals surface area (Å²) in [5.41, 5.74) is -0.482. The molecule has 0 bridgehead atoms. The molecule has 2 amide bonds. The number of carbonyl (C=O) groups excluding carboxylic acids is 2. The van der Waals surface area contributed by atoms with Crippen molar-refractivity contribution in [3.8, 4) is 0 Å². The first-order valence-corrected chi connectivity index (χ1v) is 12.9. The lowest BCUT2D eigenvalue weighted by Crippen LogP contribution is -2.54. The maximum absolute atomic E-state index is 14.4. The van der Waals surface area contributed by atoms with Gasteiger partial charge in [-0.2, -0.15) is 0 Å². The molecule has 0 aliphatic carbocycles. The summed E-state index contributed by atoms with van der Waals surface area (Å²) in [6.07, 6.45) is 0.871. The molecule has 12 heteroatoms. The number of amides is 2. The van der Waals surface area contributed by atoms with Crippen LogP contribution in [0.15, 0.2) is 42.5 Å². The molecule has 10 nitrogen and oxygen atoms in total. The van der Waals surface area contributed by atoms with Crippen molar-refractivity contribution in [2.24, 2.45) is 0 Å². The van der Waals surface area contributed by atoms with E-state index in [1.165, 1.54) is 37.3 Å². The number of benzene rings is 2. The molecule has 36 heavy (non-hydrogen) atoms. The van der Waals surface area contributed by atoms with Crippen LogP contribution in [0.3, 0.4) is 0 Å². The van der Waals surface area contributed by atoms with Crippen LogP contribution in [-0.4, -0.2) is 54.4 Å². The number of non-ortho nitro benzene ring substituents is 1.